The van der Waals surface area contributed by atoms with Gasteiger partial charge in [-0.1, -0.05) is 54.1 Å². The summed E-state index contributed by atoms with van der Waals surface area (Å²) in [6, 6.07) is 17.4. The van der Waals surface area contributed by atoms with E-state index in [9.17, 15) is 10.1 Å². The molecule has 24 heavy (non-hydrogen) atoms. The number of ketones is 1. The number of rotatable bonds is 2. The molecule has 0 bridgehead atoms. The van der Waals surface area contributed by atoms with Crippen LogP contribution in [0.2, 0.25) is 0 Å². The Morgan fingerprint density at radius 2 is 1.96 bits per heavy atom. The van der Waals surface area contributed by atoms with Crippen LogP contribution in [-0.2, 0) is 0 Å². The van der Waals surface area contributed by atoms with Gasteiger partial charge in [-0.25, -0.2) is 0 Å². The van der Waals surface area contributed by atoms with Crippen LogP contribution in [0.5, 0.6) is 0 Å². The predicted molar refractivity (Wildman–Crippen MR) is 91.6 cm³/mol. The Kier molecular flexibility index (Phi) is 3.42. The maximum Gasteiger partial charge on any atom is 0.186 e. The van der Waals surface area contributed by atoms with E-state index in [1.807, 2.05) is 60.5 Å². The van der Waals surface area contributed by atoms with Gasteiger partial charge in [0.05, 0.1) is 24.2 Å². The molecule has 0 spiro atoms. The Bertz CT molecular complexity index is 863. The number of benzene rings is 2. The second-order valence-corrected chi connectivity index (χ2v) is 6.42. The van der Waals surface area contributed by atoms with E-state index in [1.165, 1.54) is 0 Å². The third-order valence-corrected chi connectivity index (χ3v) is 4.91. The molecule has 2 aromatic rings. The summed E-state index contributed by atoms with van der Waals surface area (Å²) < 4.78 is 0. The molecule has 3 atom stereocenters. The first-order valence-electron chi connectivity index (χ1n) is 8.11. The van der Waals surface area contributed by atoms with Crippen molar-refractivity contribution in [3.63, 3.8) is 0 Å². The van der Waals surface area contributed by atoms with Crippen LogP contribution in [0, 0.1) is 24.2 Å². The molecule has 0 aliphatic carbocycles. The summed E-state index contributed by atoms with van der Waals surface area (Å²) >= 11 is 0. The third kappa shape index (κ3) is 2.21. The van der Waals surface area contributed by atoms with Crippen molar-refractivity contribution in [2.24, 2.45) is 11.0 Å². The maximum atomic E-state index is 13.0. The zero-order valence-corrected chi connectivity index (χ0v) is 13.4. The first kappa shape index (κ1) is 14.6. The molecule has 0 aromatic heterocycles. The number of nitriles is 1. The molecule has 2 aliphatic heterocycles. The monoisotopic (exact) mass is 315 g/mol. The summed E-state index contributed by atoms with van der Waals surface area (Å²) in [6.45, 7) is 2.00. The van der Waals surface area contributed by atoms with Gasteiger partial charge in [0.15, 0.2) is 5.78 Å². The largest absolute Gasteiger partial charge is 0.292 e. The van der Waals surface area contributed by atoms with E-state index in [0.717, 1.165) is 16.7 Å². The Hall–Kier alpha value is -2.93. The van der Waals surface area contributed by atoms with E-state index in [2.05, 4.69) is 11.2 Å². The number of hydrogen-bond donors (Lipinski definition) is 0. The predicted octanol–water partition coefficient (Wildman–Crippen LogP) is 3.48. The fourth-order valence-electron chi connectivity index (χ4n) is 3.65. The van der Waals surface area contributed by atoms with Crippen LogP contribution in [0.4, 0.5) is 0 Å². The molecule has 0 N–H and O–H groups in total. The Balaban J connectivity index is 1.72. The van der Waals surface area contributed by atoms with E-state index < -0.39 is 0 Å². The maximum absolute atomic E-state index is 13.0. The van der Waals surface area contributed by atoms with Crippen LogP contribution in [0.3, 0.4) is 0 Å². The van der Waals surface area contributed by atoms with Crippen molar-refractivity contribution in [2.45, 2.75) is 25.4 Å². The molecule has 1 fully saturated rings. The van der Waals surface area contributed by atoms with Gasteiger partial charge >= 0.3 is 0 Å². The molecule has 0 saturated carbocycles. The molecule has 4 rings (SSSR count). The van der Waals surface area contributed by atoms with Crippen molar-refractivity contribution in [3.05, 3.63) is 70.8 Å². The van der Waals surface area contributed by atoms with Crippen molar-refractivity contribution < 1.29 is 4.79 Å². The average molecular weight is 315 g/mol. The average Bonchev–Trinajstić information content (AvgIpc) is 3.01. The molecule has 118 valence electrons. The molecule has 1 saturated heterocycles. The Morgan fingerprint density at radius 3 is 2.71 bits per heavy atom. The number of hydrazone groups is 1. The van der Waals surface area contributed by atoms with Gasteiger partial charge in [-0.2, -0.15) is 10.4 Å². The summed E-state index contributed by atoms with van der Waals surface area (Å²) in [5.41, 5.74) is 3.91. The summed E-state index contributed by atoms with van der Waals surface area (Å²) in [5, 5.41) is 15.9. The number of Topliss-reactive ketones (excluding diaryl/α,β-unsaturated/α-hetero) is 1. The molecule has 0 radical (unpaired) electrons. The SMILES string of the molecule is Cc1ccc(C(=O)[C@@H]2C[C@H](C#N)[C@@H]3c4ccccc4C=NN23)cc1. The molecule has 2 heterocycles. The topological polar surface area (TPSA) is 56.5 Å². The molecule has 4 heteroatoms. The summed E-state index contributed by atoms with van der Waals surface area (Å²) in [4.78, 5) is 13.0. The second kappa shape index (κ2) is 5.61. The highest BCUT2D eigenvalue weighted by Gasteiger charge is 2.47. The van der Waals surface area contributed by atoms with Gasteiger partial charge < -0.3 is 0 Å². The molecular formula is C20H17N3O. The molecule has 0 unspecified atom stereocenters. The third-order valence-electron chi connectivity index (χ3n) is 4.91. The van der Waals surface area contributed by atoms with Gasteiger partial charge in [0.1, 0.15) is 6.04 Å². The zero-order valence-electron chi connectivity index (χ0n) is 13.4. The van der Waals surface area contributed by atoms with Crippen molar-refractivity contribution in [3.8, 4) is 6.07 Å². The van der Waals surface area contributed by atoms with Crippen LogP contribution >= 0.6 is 0 Å². The molecule has 0 amide bonds. The number of carbonyl (C=O) groups is 1. The van der Waals surface area contributed by atoms with Gasteiger partial charge in [-0.05, 0) is 24.5 Å². The van der Waals surface area contributed by atoms with E-state index in [1.54, 1.807) is 6.21 Å². The quantitative estimate of drug-likeness (QED) is 0.797. The highest BCUT2D eigenvalue weighted by atomic mass is 16.1. The van der Waals surface area contributed by atoms with Gasteiger partial charge in [0, 0.05) is 5.56 Å². The van der Waals surface area contributed by atoms with Crippen LogP contribution < -0.4 is 0 Å². The number of nitrogens with zero attached hydrogens (tertiary/aromatic N) is 3. The first-order valence-corrected chi connectivity index (χ1v) is 8.11. The number of aryl methyl sites for hydroxylation is 1. The van der Waals surface area contributed by atoms with Crippen molar-refractivity contribution >= 4 is 12.0 Å². The fourth-order valence-corrected chi connectivity index (χ4v) is 3.65. The van der Waals surface area contributed by atoms with Crippen molar-refractivity contribution in [1.29, 1.82) is 5.26 Å². The molecule has 2 aliphatic rings. The van der Waals surface area contributed by atoms with Crippen LogP contribution in [0.15, 0.2) is 53.6 Å². The Labute approximate surface area is 141 Å². The number of hydrogen-bond acceptors (Lipinski definition) is 4. The van der Waals surface area contributed by atoms with Gasteiger partial charge in [0.25, 0.3) is 0 Å². The summed E-state index contributed by atoms with van der Waals surface area (Å²) in [7, 11) is 0. The molecular weight excluding hydrogens is 298 g/mol. The summed E-state index contributed by atoms with van der Waals surface area (Å²) in [5.74, 6) is -0.197. The fraction of sp³-hybridized carbons (Fsp3) is 0.250. The molecule has 4 nitrogen and oxygen atoms in total. The van der Waals surface area contributed by atoms with E-state index >= 15 is 0 Å². The zero-order chi connectivity index (χ0) is 16.7. The lowest BCUT2D eigenvalue weighted by atomic mass is 9.90. The standard InChI is InChI=1S/C20H17N3O/c1-13-6-8-14(9-7-13)20(24)18-10-16(11-21)19-17-5-3-2-4-15(17)12-22-23(18)19/h2-9,12,16,18-19H,10H2,1H3/t16-,18+,19-/m1/s1. The van der Waals surface area contributed by atoms with Crippen LogP contribution in [-0.4, -0.2) is 23.0 Å². The Morgan fingerprint density at radius 1 is 1.21 bits per heavy atom. The second-order valence-electron chi connectivity index (χ2n) is 6.42. The lowest BCUT2D eigenvalue weighted by molar-refractivity contribution is 0.0834. The van der Waals surface area contributed by atoms with E-state index in [4.69, 9.17) is 0 Å². The lowest BCUT2D eigenvalue weighted by Crippen LogP contribution is -2.36. The number of fused-ring (bicyclic) bond motifs is 3. The van der Waals surface area contributed by atoms with Gasteiger partial charge in [-0.3, -0.25) is 9.80 Å². The van der Waals surface area contributed by atoms with Crippen LogP contribution in [0.1, 0.15) is 39.5 Å². The highest BCUT2D eigenvalue weighted by molar-refractivity contribution is 6.00. The number of carbonyl (C=O) groups excluding carboxylic acids is 1. The minimum atomic E-state index is -0.382. The van der Waals surface area contributed by atoms with Crippen molar-refractivity contribution in [1.82, 2.24) is 5.01 Å². The minimum absolute atomic E-state index is 0.0364. The smallest absolute Gasteiger partial charge is 0.186 e. The highest BCUT2D eigenvalue weighted by Crippen LogP contribution is 2.44. The van der Waals surface area contributed by atoms with Crippen LogP contribution in [0.25, 0.3) is 0 Å². The normalized spacial score (nSPS) is 24.2. The van der Waals surface area contributed by atoms with E-state index in [-0.39, 0.29) is 23.8 Å². The van der Waals surface area contributed by atoms with Gasteiger partial charge in [-0.15, -0.1) is 0 Å². The van der Waals surface area contributed by atoms with E-state index in [0.29, 0.717) is 12.0 Å². The van der Waals surface area contributed by atoms with Gasteiger partial charge in [0.2, 0.25) is 0 Å². The molecule has 2 aromatic carbocycles. The minimum Gasteiger partial charge on any atom is -0.292 e. The lowest BCUT2D eigenvalue weighted by Gasteiger charge is -2.31. The van der Waals surface area contributed by atoms with Crippen molar-refractivity contribution in [2.75, 3.05) is 0 Å². The first-order chi connectivity index (χ1) is 11.7. The summed E-state index contributed by atoms with van der Waals surface area (Å²) in [6.07, 6.45) is 2.31.